The van der Waals surface area contributed by atoms with Crippen molar-refractivity contribution in [2.45, 2.75) is 0 Å². The number of fused-ring (bicyclic) bond motifs is 1. The second-order valence-corrected chi connectivity index (χ2v) is 5.03. The first-order chi connectivity index (χ1) is 9.04. The van der Waals surface area contributed by atoms with Gasteiger partial charge in [0.2, 0.25) is 0 Å². The van der Waals surface area contributed by atoms with Gasteiger partial charge in [0.15, 0.2) is 11.6 Å². The quantitative estimate of drug-likeness (QED) is 0.668. The Hall–Kier alpha value is -1.95. The third-order valence-corrected chi connectivity index (χ3v) is 3.20. The molecule has 0 radical (unpaired) electrons. The molecule has 0 bridgehead atoms. The highest BCUT2D eigenvalue weighted by Crippen LogP contribution is 2.27. The Kier molecular flexibility index (Phi) is 2.74. The van der Waals surface area contributed by atoms with E-state index < -0.39 is 11.6 Å². The lowest BCUT2D eigenvalue weighted by atomic mass is 10.2. The average molecular weight is 324 g/mol. The lowest BCUT2D eigenvalue weighted by Crippen LogP contribution is -1.87. The van der Waals surface area contributed by atoms with Gasteiger partial charge in [-0.05, 0) is 30.3 Å². The van der Waals surface area contributed by atoms with E-state index in [9.17, 15) is 8.78 Å². The number of anilines is 1. The molecule has 0 saturated carbocycles. The normalized spacial score (nSPS) is 11.1. The molecule has 0 saturated heterocycles. The summed E-state index contributed by atoms with van der Waals surface area (Å²) in [4.78, 5) is 7.02. The number of H-pyrrole nitrogens is 1. The van der Waals surface area contributed by atoms with Crippen LogP contribution < -0.4 is 5.73 Å². The number of aromatic amines is 1. The molecule has 2 aromatic carbocycles. The Morgan fingerprint density at radius 2 is 1.95 bits per heavy atom. The van der Waals surface area contributed by atoms with Crippen LogP contribution in [0.5, 0.6) is 0 Å². The van der Waals surface area contributed by atoms with Crippen LogP contribution in [-0.2, 0) is 0 Å². The molecule has 3 rings (SSSR count). The zero-order valence-corrected chi connectivity index (χ0v) is 11.1. The van der Waals surface area contributed by atoms with Crippen molar-refractivity contribution in [2.75, 3.05) is 5.73 Å². The standard InChI is InChI=1S/C13H8BrF2N3/c14-7-3-6(4-8(17)5-7)13-18-10-2-1-9(15)11(16)12(10)19-13/h1-5H,17H2,(H,18,19). The van der Waals surface area contributed by atoms with E-state index in [1.165, 1.54) is 6.07 Å². The molecule has 1 aromatic heterocycles. The summed E-state index contributed by atoms with van der Waals surface area (Å²) in [6.07, 6.45) is 0. The fourth-order valence-corrected chi connectivity index (χ4v) is 2.41. The number of benzene rings is 2. The molecule has 96 valence electrons. The molecule has 0 amide bonds. The average Bonchev–Trinajstić information content (AvgIpc) is 2.77. The summed E-state index contributed by atoms with van der Waals surface area (Å²) < 4.78 is 27.5. The number of hydrogen-bond donors (Lipinski definition) is 2. The Balaban J connectivity index is 2.23. The van der Waals surface area contributed by atoms with Gasteiger partial charge in [-0.15, -0.1) is 0 Å². The van der Waals surface area contributed by atoms with Crippen molar-refractivity contribution in [3.05, 3.63) is 46.4 Å². The minimum absolute atomic E-state index is 0.0199. The van der Waals surface area contributed by atoms with E-state index in [4.69, 9.17) is 5.73 Å². The van der Waals surface area contributed by atoms with Gasteiger partial charge in [0.1, 0.15) is 11.3 Å². The number of aromatic nitrogens is 2. The van der Waals surface area contributed by atoms with Crippen LogP contribution in [0.1, 0.15) is 0 Å². The molecule has 0 aliphatic carbocycles. The van der Waals surface area contributed by atoms with E-state index in [1.54, 1.807) is 18.2 Å². The molecule has 0 spiro atoms. The Morgan fingerprint density at radius 3 is 2.68 bits per heavy atom. The molecule has 3 aromatic rings. The number of halogens is 3. The molecule has 0 atom stereocenters. The number of imidazole rings is 1. The third-order valence-electron chi connectivity index (χ3n) is 2.74. The van der Waals surface area contributed by atoms with E-state index in [0.717, 1.165) is 10.5 Å². The van der Waals surface area contributed by atoms with Crippen molar-refractivity contribution in [3.8, 4) is 11.4 Å². The predicted molar refractivity (Wildman–Crippen MR) is 73.6 cm³/mol. The highest BCUT2D eigenvalue weighted by atomic mass is 79.9. The van der Waals surface area contributed by atoms with Crippen molar-refractivity contribution in [1.29, 1.82) is 0 Å². The maximum atomic E-state index is 13.6. The summed E-state index contributed by atoms with van der Waals surface area (Å²) >= 11 is 3.32. The summed E-state index contributed by atoms with van der Waals surface area (Å²) in [6.45, 7) is 0. The van der Waals surface area contributed by atoms with Crippen molar-refractivity contribution in [3.63, 3.8) is 0 Å². The molecular formula is C13H8BrF2N3. The van der Waals surface area contributed by atoms with Gasteiger partial charge in [0, 0.05) is 15.7 Å². The highest BCUT2D eigenvalue weighted by Gasteiger charge is 2.13. The van der Waals surface area contributed by atoms with E-state index in [-0.39, 0.29) is 5.52 Å². The number of nitrogens with two attached hydrogens (primary N) is 1. The molecule has 3 nitrogen and oxygen atoms in total. The van der Waals surface area contributed by atoms with Crippen LogP contribution in [0.2, 0.25) is 0 Å². The molecule has 19 heavy (non-hydrogen) atoms. The zero-order valence-electron chi connectivity index (χ0n) is 9.55. The Bertz CT molecular complexity index is 763. The van der Waals surface area contributed by atoms with Crippen molar-refractivity contribution in [1.82, 2.24) is 9.97 Å². The summed E-state index contributed by atoms with van der Waals surface area (Å²) in [5.74, 6) is -1.44. The van der Waals surface area contributed by atoms with Gasteiger partial charge in [0.05, 0.1) is 5.52 Å². The Labute approximate surface area is 115 Å². The first-order valence-corrected chi connectivity index (χ1v) is 6.24. The number of nitrogen functional groups attached to an aromatic ring is 1. The summed E-state index contributed by atoms with van der Waals surface area (Å²) in [6, 6.07) is 7.76. The van der Waals surface area contributed by atoms with Gasteiger partial charge < -0.3 is 10.7 Å². The number of nitrogens with zero attached hydrogens (tertiary/aromatic N) is 1. The SMILES string of the molecule is Nc1cc(Br)cc(-c2nc3c(F)c(F)ccc3[nH]2)c1. The maximum Gasteiger partial charge on any atom is 0.186 e. The molecule has 0 fully saturated rings. The molecule has 1 heterocycles. The van der Waals surface area contributed by atoms with E-state index >= 15 is 0 Å². The lowest BCUT2D eigenvalue weighted by molar-refractivity contribution is 0.515. The minimum Gasteiger partial charge on any atom is -0.399 e. The molecule has 3 N–H and O–H groups in total. The van der Waals surface area contributed by atoms with Crippen LogP contribution in [-0.4, -0.2) is 9.97 Å². The predicted octanol–water partition coefficient (Wildman–Crippen LogP) is 3.85. The molecule has 0 unspecified atom stereocenters. The van der Waals surface area contributed by atoms with Crippen molar-refractivity contribution < 1.29 is 8.78 Å². The van der Waals surface area contributed by atoms with Gasteiger partial charge >= 0.3 is 0 Å². The van der Waals surface area contributed by atoms with Crippen LogP contribution in [0.15, 0.2) is 34.8 Å². The van der Waals surface area contributed by atoms with Gasteiger partial charge in [-0.1, -0.05) is 15.9 Å². The van der Waals surface area contributed by atoms with Crippen LogP contribution in [0.3, 0.4) is 0 Å². The van der Waals surface area contributed by atoms with Crippen LogP contribution in [0, 0.1) is 11.6 Å². The van der Waals surface area contributed by atoms with Gasteiger partial charge in [-0.25, -0.2) is 13.8 Å². The van der Waals surface area contributed by atoms with Crippen LogP contribution in [0.25, 0.3) is 22.4 Å². The van der Waals surface area contributed by atoms with Crippen LogP contribution in [0.4, 0.5) is 14.5 Å². The lowest BCUT2D eigenvalue weighted by Gasteiger charge is -2.00. The number of hydrogen-bond acceptors (Lipinski definition) is 2. The fraction of sp³-hybridized carbons (Fsp3) is 0. The van der Waals surface area contributed by atoms with Gasteiger partial charge in [-0.3, -0.25) is 0 Å². The molecule has 6 heteroatoms. The third kappa shape index (κ3) is 2.08. The molecule has 0 aliphatic rings. The van der Waals surface area contributed by atoms with E-state index in [2.05, 4.69) is 25.9 Å². The maximum absolute atomic E-state index is 13.6. The van der Waals surface area contributed by atoms with Crippen LogP contribution >= 0.6 is 15.9 Å². The Morgan fingerprint density at radius 1 is 1.16 bits per heavy atom. The minimum atomic E-state index is -0.956. The largest absolute Gasteiger partial charge is 0.399 e. The summed E-state index contributed by atoms with van der Waals surface area (Å²) in [5.41, 5.74) is 7.41. The van der Waals surface area contributed by atoms with Gasteiger partial charge in [-0.2, -0.15) is 0 Å². The first kappa shape index (κ1) is 12.1. The topological polar surface area (TPSA) is 54.7 Å². The second kappa shape index (κ2) is 4.31. The van der Waals surface area contributed by atoms with E-state index in [1.807, 2.05) is 0 Å². The monoisotopic (exact) mass is 323 g/mol. The zero-order chi connectivity index (χ0) is 13.6. The summed E-state index contributed by atoms with van der Waals surface area (Å²) in [5, 5.41) is 0. The second-order valence-electron chi connectivity index (χ2n) is 4.12. The fourth-order valence-electron chi connectivity index (χ4n) is 1.90. The van der Waals surface area contributed by atoms with Crippen molar-refractivity contribution >= 4 is 32.7 Å². The molecule has 0 aliphatic heterocycles. The highest BCUT2D eigenvalue weighted by molar-refractivity contribution is 9.10. The van der Waals surface area contributed by atoms with E-state index in [0.29, 0.717) is 22.6 Å². The van der Waals surface area contributed by atoms with Crippen molar-refractivity contribution in [2.24, 2.45) is 0 Å². The first-order valence-electron chi connectivity index (χ1n) is 5.45. The number of rotatable bonds is 1. The summed E-state index contributed by atoms with van der Waals surface area (Å²) in [7, 11) is 0. The molecular weight excluding hydrogens is 316 g/mol. The van der Waals surface area contributed by atoms with Gasteiger partial charge in [0.25, 0.3) is 0 Å². The number of nitrogens with one attached hydrogen (secondary N) is 1. The smallest absolute Gasteiger partial charge is 0.186 e.